The molecule has 1 aromatic heterocycles. The molecule has 27 heavy (non-hydrogen) atoms. The predicted molar refractivity (Wildman–Crippen MR) is 106 cm³/mol. The van der Waals surface area contributed by atoms with Crippen molar-refractivity contribution in [2.45, 2.75) is 31.3 Å². The zero-order valence-electron chi connectivity index (χ0n) is 14.7. The van der Waals surface area contributed by atoms with Crippen LogP contribution in [-0.2, 0) is 14.6 Å². The molecule has 1 unspecified atom stereocenters. The van der Waals surface area contributed by atoms with Gasteiger partial charge in [0.15, 0.2) is 9.84 Å². The smallest absolute Gasteiger partial charge is 0.247 e. The van der Waals surface area contributed by atoms with E-state index in [-0.39, 0.29) is 35.3 Å². The number of sulfone groups is 1. The largest absolute Gasteiger partial charge is 0.332 e. The van der Waals surface area contributed by atoms with Crippen LogP contribution in [0.1, 0.15) is 24.1 Å². The maximum atomic E-state index is 13.1. The number of hydrogen-bond acceptors (Lipinski definition) is 4. The van der Waals surface area contributed by atoms with Gasteiger partial charge < -0.3 is 4.90 Å². The molecule has 2 aliphatic rings. The molecule has 0 spiro atoms. The summed E-state index contributed by atoms with van der Waals surface area (Å²) in [5, 5.41) is 0. The standard InChI is InChI=1S/C20H20FNO3S2/c21-15-3-1-14(2-4-15)19-9-7-18(26-19)8-10-20(23)22(16-5-6-16)17-11-12-27(24,25)13-17/h1-4,7-10,16-17H,5-6,11-13H2. The van der Waals surface area contributed by atoms with Crippen LogP contribution in [0.4, 0.5) is 4.39 Å². The van der Waals surface area contributed by atoms with Crippen LogP contribution in [0.3, 0.4) is 0 Å². The Labute approximate surface area is 162 Å². The molecule has 4 rings (SSSR count). The zero-order valence-corrected chi connectivity index (χ0v) is 16.3. The van der Waals surface area contributed by atoms with Gasteiger partial charge in [-0.2, -0.15) is 0 Å². The third-order valence-electron chi connectivity index (χ3n) is 4.94. The number of carbonyl (C=O) groups is 1. The van der Waals surface area contributed by atoms with Gasteiger partial charge in [0.2, 0.25) is 5.91 Å². The second-order valence-electron chi connectivity index (χ2n) is 7.08. The van der Waals surface area contributed by atoms with Crippen molar-refractivity contribution in [1.29, 1.82) is 0 Å². The van der Waals surface area contributed by atoms with E-state index in [1.54, 1.807) is 29.2 Å². The van der Waals surface area contributed by atoms with Crippen molar-refractivity contribution in [3.8, 4) is 10.4 Å². The molecule has 2 heterocycles. The van der Waals surface area contributed by atoms with Crippen molar-refractivity contribution in [3.63, 3.8) is 0 Å². The van der Waals surface area contributed by atoms with E-state index in [9.17, 15) is 17.6 Å². The Morgan fingerprint density at radius 1 is 1.07 bits per heavy atom. The van der Waals surface area contributed by atoms with Gasteiger partial charge in [-0.1, -0.05) is 12.1 Å². The molecule has 1 amide bonds. The molecular weight excluding hydrogens is 385 g/mol. The average molecular weight is 406 g/mol. The first kappa shape index (κ1) is 18.4. The normalized spacial score (nSPS) is 21.6. The number of rotatable bonds is 5. The zero-order chi connectivity index (χ0) is 19.0. The van der Waals surface area contributed by atoms with Crippen LogP contribution in [0.5, 0.6) is 0 Å². The summed E-state index contributed by atoms with van der Waals surface area (Å²) in [6.07, 6.45) is 5.75. The van der Waals surface area contributed by atoms with Crippen molar-refractivity contribution in [2.24, 2.45) is 0 Å². The van der Waals surface area contributed by atoms with Gasteiger partial charge in [-0.05, 0) is 55.2 Å². The summed E-state index contributed by atoms with van der Waals surface area (Å²) in [4.78, 5) is 16.4. The lowest BCUT2D eigenvalue weighted by Gasteiger charge is -2.27. The molecule has 1 aromatic carbocycles. The molecule has 0 N–H and O–H groups in total. The SMILES string of the molecule is O=C(C=Cc1ccc(-c2ccc(F)cc2)s1)N(C1CC1)C1CCS(=O)(=O)C1. The molecule has 1 saturated heterocycles. The Morgan fingerprint density at radius 2 is 1.81 bits per heavy atom. The molecule has 1 saturated carbocycles. The summed E-state index contributed by atoms with van der Waals surface area (Å²) in [6.45, 7) is 0. The molecule has 1 aliphatic carbocycles. The fraction of sp³-hybridized carbons (Fsp3) is 0.350. The highest BCUT2D eigenvalue weighted by atomic mass is 32.2. The van der Waals surface area contributed by atoms with Crippen LogP contribution in [0, 0.1) is 5.82 Å². The van der Waals surface area contributed by atoms with E-state index in [1.807, 2.05) is 12.1 Å². The van der Waals surface area contributed by atoms with Crippen molar-refractivity contribution in [3.05, 3.63) is 53.2 Å². The van der Waals surface area contributed by atoms with Gasteiger partial charge in [-0.3, -0.25) is 4.79 Å². The lowest BCUT2D eigenvalue weighted by Crippen LogP contribution is -2.41. The number of amides is 1. The average Bonchev–Trinajstić information content (AvgIpc) is 3.22. The number of halogens is 1. The molecule has 2 aromatic rings. The Kier molecular flexibility index (Phi) is 4.90. The number of nitrogens with zero attached hydrogens (tertiary/aromatic N) is 1. The van der Waals surface area contributed by atoms with Crippen LogP contribution in [-0.4, -0.2) is 42.8 Å². The third-order valence-corrected chi connectivity index (χ3v) is 7.79. The number of hydrogen-bond donors (Lipinski definition) is 0. The van der Waals surface area contributed by atoms with Crippen molar-refractivity contribution in [1.82, 2.24) is 4.90 Å². The van der Waals surface area contributed by atoms with Crippen LogP contribution in [0.2, 0.25) is 0 Å². The predicted octanol–water partition coefficient (Wildman–Crippen LogP) is 3.75. The quantitative estimate of drug-likeness (QED) is 0.712. The van der Waals surface area contributed by atoms with Gasteiger partial charge in [0.25, 0.3) is 0 Å². The van der Waals surface area contributed by atoms with E-state index < -0.39 is 9.84 Å². The minimum atomic E-state index is -3.02. The Morgan fingerprint density at radius 3 is 2.44 bits per heavy atom. The number of benzene rings is 1. The summed E-state index contributed by atoms with van der Waals surface area (Å²) < 4.78 is 36.6. The van der Waals surface area contributed by atoms with Crippen molar-refractivity contribution < 1.29 is 17.6 Å². The third kappa shape index (κ3) is 4.30. The van der Waals surface area contributed by atoms with E-state index in [1.165, 1.54) is 23.5 Å². The Bertz CT molecular complexity index is 975. The molecule has 0 bridgehead atoms. The highest BCUT2D eigenvalue weighted by molar-refractivity contribution is 7.91. The Hall–Kier alpha value is -1.99. The first-order valence-corrected chi connectivity index (χ1v) is 11.6. The van der Waals surface area contributed by atoms with Gasteiger partial charge in [0, 0.05) is 27.9 Å². The Balaban J connectivity index is 1.47. The number of carbonyl (C=O) groups excluding carboxylic acids is 1. The number of thiophene rings is 1. The molecule has 2 fully saturated rings. The summed E-state index contributed by atoms with van der Waals surface area (Å²) in [5.74, 6) is -0.132. The van der Waals surface area contributed by atoms with Crippen LogP contribution >= 0.6 is 11.3 Å². The van der Waals surface area contributed by atoms with Gasteiger partial charge in [-0.15, -0.1) is 11.3 Å². The topological polar surface area (TPSA) is 54.5 Å². The summed E-state index contributed by atoms with van der Waals surface area (Å²) in [7, 11) is -3.02. The highest BCUT2D eigenvalue weighted by Crippen LogP contribution is 2.33. The molecule has 1 atom stereocenters. The second kappa shape index (κ2) is 7.20. The van der Waals surface area contributed by atoms with E-state index >= 15 is 0 Å². The first-order chi connectivity index (χ1) is 12.9. The molecule has 7 heteroatoms. The summed E-state index contributed by atoms with van der Waals surface area (Å²) in [5.41, 5.74) is 0.933. The maximum Gasteiger partial charge on any atom is 0.247 e. The van der Waals surface area contributed by atoms with E-state index in [0.29, 0.717) is 6.42 Å². The summed E-state index contributed by atoms with van der Waals surface area (Å²) >= 11 is 1.53. The fourth-order valence-corrected chi connectivity index (χ4v) is 6.08. The molecular formula is C20H20FNO3S2. The lowest BCUT2D eigenvalue weighted by molar-refractivity contribution is -0.128. The fourth-order valence-electron chi connectivity index (χ4n) is 3.46. The molecule has 4 nitrogen and oxygen atoms in total. The van der Waals surface area contributed by atoms with Crippen LogP contribution in [0.15, 0.2) is 42.5 Å². The molecule has 1 aliphatic heterocycles. The summed E-state index contributed by atoms with van der Waals surface area (Å²) in [6, 6.07) is 10.2. The van der Waals surface area contributed by atoms with E-state index in [4.69, 9.17) is 0 Å². The van der Waals surface area contributed by atoms with Gasteiger partial charge >= 0.3 is 0 Å². The highest BCUT2D eigenvalue weighted by Gasteiger charge is 2.41. The van der Waals surface area contributed by atoms with E-state index in [0.717, 1.165) is 28.2 Å². The maximum absolute atomic E-state index is 13.1. The monoisotopic (exact) mass is 405 g/mol. The van der Waals surface area contributed by atoms with Crippen molar-refractivity contribution in [2.75, 3.05) is 11.5 Å². The van der Waals surface area contributed by atoms with Crippen LogP contribution in [0.25, 0.3) is 16.5 Å². The first-order valence-electron chi connectivity index (χ1n) is 8.98. The minimum Gasteiger partial charge on any atom is -0.332 e. The molecule has 0 radical (unpaired) electrons. The van der Waals surface area contributed by atoms with E-state index in [2.05, 4.69) is 0 Å². The minimum absolute atomic E-state index is 0.0802. The van der Waals surface area contributed by atoms with Gasteiger partial charge in [-0.25, -0.2) is 12.8 Å². The van der Waals surface area contributed by atoms with Crippen LogP contribution < -0.4 is 0 Å². The van der Waals surface area contributed by atoms with Gasteiger partial charge in [0.1, 0.15) is 5.82 Å². The van der Waals surface area contributed by atoms with Gasteiger partial charge in [0.05, 0.1) is 11.5 Å². The second-order valence-corrected chi connectivity index (χ2v) is 10.4. The van der Waals surface area contributed by atoms with Crippen molar-refractivity contribution >= 4 is 33.2 Å². The lowest BCUT2D eigenvalue weighted by atomic mass is 10.2. The molecule has 142 valence electrons.